The maximum Gasteiger partial charge on any atom is 0.318 e. The van der Waals surface area contributed by atoms with Gasteiger partial charge in [-0.15, -0.1) is 0 Å². The minimum absolute atomic E-state index is 0.185. The monoisotopic (exact) mass is 335 g/mol. The maximum atomic E-state index is 11.4. The number of hydrogen-bond donors (Lipinski definition) is 2. The van der Waals surface area contributed by atoms with Crippen LogP contribution in [0.25, 0.3) is 11.3 Å². The molecule has 2 rings (SSSR count). The first-order valence-electron chi connectivity index (χ1n) is 7.06. The standard InChI is InChI=1S/C16H18ClN3O3/c1-20(9-8-15(21)19-16(18)22)10-13-6-7-14(23-13)11-2-4-12(17)5-3-11/h2-7H,8-10H2,1H3,(H3,18,19,21,22). The van der Waals surface area contributed by atoms with Gasteiger partial charge in [-0.2, -0.15) is 0 Å². The van der Waals surface area contributed by atoms with Gasteiger partial charge in [-0.05, 0) is 43.4 Å². The van der Waals surface area contributed by atoms with E-state index in [0.717, 1.165) is 17.1 Å². The van der Waals surface area contributed by atoms with Crippen molar-refractivity contribution in [3.63, 3.8) is 0 Å². The third-order valence-electron chi connectivity index (χ3n) is 3.20. The van der Waals surface area contributed by atoms with Crippen LogP contribution in [0.4, 0.5) is 4.79 Å². The van der Waals surface area contributed by atoms with E-state index in [9.17, 15) is 9.59 Å². The molecule has 0 aliphatic rings. The fourth-order valence-corrected chi connectivity index (χ4v) is 2.20. The predicted octanol–water partition coefficient (Wildman–Crippen LogP) is 2.62. The lowest BCUT2D eigenvalue weighted by molar-refractivity contribution is -0.120. The zero-order valence-corrected chi connectivity index (χ0v) is 13.5. The number of rotatable bonds is 6. The number of nitrogens with zero attached hydrogens (tertiary/aromatic N) is 1. The van der Waals surface area contributed by atoms with Crippen molar-refractivity contribution in [3.8, 4) is 11.3 Å². The van der Waals surface area contributed by atoms with Crippen LogP contribution < -0.4 is 11.1 Å². The second kappa shape index (κ2) is 7.80. The van der Waals surface area contributed by atoms with E-state index >= 15 is 0 Å². The topological polar surface area (TPSA) is 88.6 Å². The van der Waals surface area contributed by atoms with Crippen molar-refractivity contribution < 1.29 is 14.0 Å². The summed E-state index contributed by atoms with van der Waals surface area (Å²) in [5.74, 6) is 1.15. The highest BCUT2D eigenvalue weighted by molar-refractivity contribution is 6.30. The van der Waals surface area contributed by atoms with Crippen LogP contribution in [0.3, 0.4) is 0 Å². The molecule has 7 heteroatoms. The average molecular weight is 336 g/mol. The number of nitrogens with two attached hydrogens (primary N) is 1. The third kappa shape index (κ3) is 5.43. The van der Waals surface area contributed by atoms with Crippen molar-refractivity contribution in [2.24, 2.45) is 5.73 Å². The Labute approximate surface area is 139 Å². The molecule has 2 aromatic rings. The summed E-state index contributed by atoms with van der Waals surface area (Å²) < 4.78 is 5.79. The SMILES string of the molecule is CN(CCC(=O)NC(N)=O)Cc1ccc(-c2ccc(Cl)cc2)o1. The van der Waals surface area contributed by atoms with E-state index in [2.05, 4.69) is 0 Å². The molecule has 0 aliphatic heterocycles. The fourth-order valence-electron chi connectivity index (χ4n) is 2.07. The first-order valence-corrected chi connectivity index (χ1v) is 7.44. The normalized spacial score (nSPS) is 10.7. The van der Waals surface area contributed by atoms with Gasteiger partial charge in [-0.3, -0.25) is 15.0 Å². The smallest absolute Gasteiger partial charge is 0.318 e. The van der Waals surface area contributed by atoms with Gasteiger partial charge in [0.2, 0.25) is 5.91 Å². The Morgan fingerprint density at radius 2 is 1.91 bits per heavy atom. The summed E-state index contributed by atoms with van der Waals surface area (Å²) in [6.45, 7) is 1.04. The molecule has 122 valence electrons. The molecule has 3 N–H and O–H groups in total. The van der Waals surface area contributed by atoms with Gasteiger partial charge in [-0.25, -0.2) is 4.79 Å². The van der Waals surface area contributed by atoms with Crippen LogP contribution in [0.15, 0.2) is 40.8 Å². The maximum absolute atomic E-state index is 11.4. The van der Waals surface area contributed by atoms with Gasteiger partial charge < -0.3 is 10.2 Å². The molecule has 0 saturated heterocycles. The van der Waals surface area contributed by atoms with Crippen molar-refractivity contribution >= 4 is 23.5 Å². The molecule has 0 atom stereocenters. The number of hydrogen-bond acceptors (Lipinski definition) is 4. The number of halogens is 1. The largest absolute Gasteiger partial charge is 0.460 e. The van der Waals surface area contributed by atoms with Gasteiger partial charge in [0, 0.05) is 23.6 Å². The first kappa shape index (κ1) is 17.1. The summed E-state index contributed by atoms with van der Waals surface area (Å²) in [7, 11) is 1.86. The van der Waals surface area contributed by atoms with Gasteiger partial charge in [0.15, 0.2) is 0 Å². The molecule has 3 amide bonds. The Kier molecular flexibility index (Phi) is 5.78. The van der Waals surface area contributed by atoms with Crippen molar-refractivity contribution in [2.75, 3.05) is 13.6 Å². The first-order chi connectivity index (χ1) is 10.9. The molecular weight excluding hydrogens is 318 g/mol. The van der Waals surface area contributed by atoms with Crippen molar-refractivity contribution in [3.05, 3.63) is 47.2 Å². The minimum atomic E-state index is -0.837. The van der Waals surface area contributed by atoms with Crippen LogP contribution in [0.2, 0.25) is 5.02 Å². The Bertz CT molecular complexity index is 682. The highest BCUT2D eigenvalue weighted by Gasteiger charge is 2.10. The van der Waals surface area contributed by atoms with E-state index < -0.39 is 11.9 Å². The molecule has 0 saturated carbocycles. The predicted molar refractivity (Wildman–Crippen MR) is 87.8 cm³/mol. The number of carbonyl (C=O) groups excluding carboxylic acids is 2. The van der Waals surface area contributed by atoms with Crippen molar-refractivity contribution in [2.45, 2.75) is 13.0 Å². The summed E-state index contributed by atoms with van der Waals surface area (Å²) in [6.07, 6.45) is 0.185. The minimum Gasteiger partial charge on any atom is -0.460 e. The average Bonchev–Trinajstić information content (AvgIpc) is 2.93. The van der Waals surface area contributed by atoms with Gasteiger partial charge >= 0.3 is 6.03 Å². The van der Waals surface area contributed by atoms with Gasteiger partial charge in [-0.1, -0.05) is 11.6 Å². The number of amides is 3. The van der Waals surface area contributed by atoms with Crippen molar-refractivity contribution in [1.82, 2.24) is 10.2 Å². The number of furan rings is 1. The molecule has 0 radical (unpaired) electrons. The van der Waals surface area contributed by atoms with Gasteiger partial charge in [0.1, 0.15) is 11.5 Å². The molecule has 0 aliphatic carbocycles. The highest BCUT2D eigenvalue weighted by Crippen LogP contribution is 2.24. The summed E-state index contributed by atoms with van der Waals surface area (Å²) >= 11 is 5.87. The summed E-state index contributed by atoms with van der Waals surface area (Å²) in [6, 6.07) is 10.4. The lowest BCUT2D eigenvalue weighted by Crippen LogP contribution is -2.36. The second-order valence-corrected chi connectivity index (χ2v) is 5.61. The Balaban J connectivity index is 1.87. The zero-order valence-electron chi connectivity index (χ0n) is 12.7. The Hall–Kier alpha value is -2.31. The summed E-state index contributed by atoms with van der Waals surface area (Å²) in [5.41, 5.74) is 5.83. The van der Waals surface area contributed by atoms with Crippen LogP contribution in [-0.2, 0) is 11.3 Å². The van der Waals surface area contributed by atoms with E-state index in [1.54, 1.807) is 0 Å². The number of carbonyl (C=O) groups is 2. The van der Waals surface area contributed by atoms with E-state index in [-0.39, 0.29) is 6.42 Å². The molecule has 6 nitrogen and oxygen atoms in total. The Morgan fingerprint density at radius 1 is 1.22 bits per heavy atom. The van der Waals surface area contributed by atoms with Crippen LogP contribution in [0, 0.1) is 0 Å². The zero-order chi connectivity index (χ0) is 16.8. The summed E-state index contributed by atoms with van der Waals surface area (Å²) in [4.78, 5) is 23.8. The van der Waals surface area contributed by atoms with Gasteiger partial charge in [0.05, 0.1) is 6.54 Å². The lowest BCUT2D eigenvalue weighted by atomic mass is 10.2. The van der Waals surface area contributed by atoms with E-state index in [1.165, 1.54) is 0 Å². The van der Waals surface area contributed by atoms with E-state index in [1.807, 2.05) is 53.7 Å². The molecule has 23 heavy (non-hydrogen) atoms. The Morgan fingerprint density at radius 3 is 2.57 bits per heavy atom. The number of imide groups is 1. The molecule has 0 bridgehead atoms. The third-order valence-corrected chi connectivity index (χ3v) is 3.45. The molecule has 1 heterocycles. The van der Waals surface area contributed by atoms with Gasteiger partial charge in [0.25, 0.3) is 0 Å². The number of nitrogens with one attached hydrogen (secondary N) is 1. The molecule has 0 fully saturated rings. The molecule has 0 spiro atoms. The fraction of sp³-hybridized carbons (Fsp3) is 0.250. The molecular formula is C16H18ClN3O3. The van der Waals surface area contributed by atoms with Crippen LogP contribution in [0.1, 0.15) is 12.2 Å². The lowest BCUT2D eigenvalue weighted by Gasteiger charge is -2.14. The molecule has 1 aromatic carbocycles. The summed E-state index contributed by atoms with van der Waals surface area (Å²) in [5, 5.41) is 2.71. The second-order valence-electron chi connectivity index (χ2n) is 5.17. The molecule has 0 unspecified atom stereocenters. The van der Waals surface area contributed by atoms with E-state index in [0.29, 0.717) is 18.1 Å². The number of urea groups is 1. The molecule has 1 aromatic heterocycles. The van der Waals surface area contributed by atoms with E-state index in [4.69, 9.17) is 21.8 Å². The van der Waals surface area contributed by atoms with Crippen LogP contribution in [0.5, 0.6) is 0 Å². The number of benzene rings is 1. The number of primary amides is 1. The van der Waals surface area contributed by atoms with Crippen LogP contribution in [-0.4, -0.2) is 30.4 Å². The van der Waals surface area contributed by atoms with Crippen LogP contribution >= 0.6 is 11.6 Å². The van der Waals surface area contributed by atoms with Crippen molar-refractivity contribution in [1.29, 1.82) is 0 Å². The quantitative estimate of drug-likeness (QED) is 0.849. The highest BCUT2D eigenvalue weighted by atomic mass is 35.5.